The maximum atomic E-state index is 13.8. The van der Waals surface area contributed by atoms with Gasteiger partial charge in [0.1, 0.15) is 5.82 Å². The Bertz CT molecular complexity index is 770. The van der Waals surface area contributed by atoms with Gasteiger partial charge in [0.05, 0.1) is 19.8 Å². The number of likely N-dealkylation sites (tertiary alicyclic amines) is 1. The van der Waals surface area contributed by atoms with Crippen molar-refractivity contribution >= 4 is 5.91 Å². The number of nitrogens with zero attached hydrogens (tertiary/aromatic N) is 1. The van der Waals surface area contributed by atoms with Crippen LogP contribution in [-0.4, -0.2) is 38.1 Å². The van der Waals surface area contributed by atoms with E-state index in [0.717, 1.165) is 30.8 Å². The van der Waals surface area contributed by atoms with Gasteiger partial charge in [0, 0.05) is 13.1 Å². The molecule has 1 amide bonds. The van der Waals surface area contributed by atoms with E-state index in [1.807, 2.05) is 12.1 Å². The summed E-state index contributed by atoms with van der Waals surface area (Å²) in [5, 5.41) is 0. The first-order valence-electron chi connectivity index (χ1n) is 8.87. The van der Waals surface area contributed by atoms with Gasteiger partial charge in [-0.05, 0) is 55.0 Å². The van der Waals surface area contributed by atoms with Gasteiger partial charge in [0.2, 0.25) is 0 Å². The molecule has 0 aliphatic carbocycles. The van der Waals surface area contributed by atoms with Gasteiger partial charge in [-0.25, -0.2) is 4.39 Å². The summed E-state index contributed by atoms with van der Waals surface area (Å²) < 4.78 is 24.5. The Balaban J connectivity index is 1.59. The number of carbonyl (C=O) groups is 1. The molecule has 1 heterocycles. The summed E-state index contributed by atoms with van der Waals surface area (Å²) in [4.78, 5) is 14.2. The highest BCUT2D eigenvalue weighted by Crippen LogP contribution is 2.30. The highest BCUT2D eigenvalue weighted by molar-refractivity contribution is 5.94. The van der Waals surface area contributed by atoms with Gasteiger partial charge in [-0.15, -0.1) is 0 Å². The number of ether oxygens (including phenoxy) is 2. The molecular weight excluding hydrogens is 333 g/mol. The van der Waals surface area contributed by atoms with Crippen LogP contribution in [-0.2, 0) is 6.42 Å². The molecule has 0 aromatic heterocycles. The number of amides is 1. The summed E-state index contributed by atoms with van der Waals surface area (Å²) in [6, 6.07) is 12.2. The van der Waals surface area contributed by atoms with Crippen molar-refractivity contribution in [1.82, 2.24) is 4.90 Å². The monoisotopic (exact) mass is 357 g/mol. The van der Waals surface area contributed by atoms with E-state index in [4.69, 9.17) is 9.47 Å². The molecule has 1 saturated heterocycles. The van der Waals surface area contributed by atoms with Crippen LogP contribution >= 0.6 is 0 Å². The van der Waals surface area contributed by atoms with Crippen LogP contribution in [0, 0.1) is 11.7 Å². The van der Waals surface area contributed by atoms with Gasteiger partial charge < -0.3 is 14.4 Å². The molecule has 0 unspecified atom stereocenters. The molecule has 138 valence electrons. The van der Waals surface area contributed by atoms with Crippen molar-refractivity contribution in [1.29, 1.82) is 0 Å². The Kier molecular flexibility index (Phi) is 5.76. The highest BCUT2D eigenvalue weighted by Gasteiger charge is 2.25. The van der Waals surface area contributed by atoms with Crippen LogP contribution in [0.3, 0.4) is 0 Å². The summed E-state index contributed by atoms with van der Waals surface area (Å²) >= 11 is 0. The zero-order chi connectivity index (χ0) is 18.5. The number of hydrogen-bond donors (Lipinski definition) is 0. The molecule has 1 aliphatic heterocycles. The number of hydrogen-bond acceptors (Lipinski definition) is 3. The molecule has 1 fully saturated rings. The van der Waals surface area contributed by atoms with E-state index in [2.05, 4.69) is 6.07 Å². The summed E-state index contributed by atoms with van der Waals surface area (Å²) in [7, 11) is 3.26. The summed E-state index contributed by atoms with van der Waals surface area (Å²) in [5.41, 5.74) is 1.35. The number of rotatable bonds is 5. The first kappa shape index (κ1) is 18.2. The predicted octanol–water partition coefficient (Wildman–Crippen LogP) is 3.94. The van der Waals surface area contributed by atoms with E-state index in [0.29, 0.717) is 19.0 Å². The third-order valence-electron chi connectivity index (χ3n) is 4.98. The lowest BCUT2D eigenvalue weighted by molar-refractivity contribution is 0.0686. The Morgan fingerprint density at radius 3 is 2.42 bits per heavy atom. The topological polar surface area (TPSA) is 38.8 Å². The van der Waals surface area contributed by atoms with E-state index in [1.54, 1.807) is 37.3 Å². The first-order valence-corrected chi connectivity index (χ1v) is 8.87. The van der Waals surface area contributed by atoms with Crippen molar-refractivity contribution in [2.45, 2.75) is 19.3 Å². The lowest BCUT2D eigenvalue weighted by Gasteiger charge is -2.32. The normalized spacial score (nSPS) is 15.0. The van der Waals surface area contributed by atoms with Crippen molar-refractivity contribution in [2.24, 2.45) is 5.92 Å². The molecule has 0 atom stereocenters. The number of benzene rings is 2. The van der Waals surface area contributed by atoms with Gasteiger partial charge in [0.25, 0.3) is 5.91 Å². The molecule has 4 nitrogen and oxygen atoms in total. The van der Waals surface area contributed by atoms with Crippen molar-refractivity contribution in [3.63, 3.8) is 0 Å². The lowest BCUT2D eigenvalue weighted by atomic mass is 9.90. The second kappa shape index (κ2) is 8.21. The Morgan fingerprint density at radius 1 is 1.08 bits per heavy atom. The zero-order valence-electron chi connectivity index (χ0n) is 15.2. The second-order valence-electron chi connectivity index (χ2n) is 6.61. The fourth-order valence-electron chi connectivity index (χ4n) is 3.49. The Labute approximate surface area is 153 Å². The molecule has 5 heteroatoms. The predicted molar refractivity (Wildman–Crippen MR) is 98.3 cm³/mol. The average molecular weight is 357 g/mol. The molecule has 2 aromatic rings. The SMILES string of the molecule is COc1ccc(CC2CCN(C(=O)c3ccccc3F)CC2)cc1OC. The van der Waals surface area contributed by atoms with Crippen LogP contribution < -0.4 is 9.47 Å². The van der Waals surface area contributed by atoms with Crippen molar-refractivity contribution in [3.8, 4) is 11.5 Å². The van der Waals surface area contributed by atoms with Crippen molar-refractivity contribution in [2.75, 3.05) is 27.3 Å². The van der Waals surface area contributed by atoms with E-state index in [1.165, 1.54) is 11.6 Å². The summed E-state index contributed by atoms with van der Waals surface area (Å²) in [5.74, 6) is 1.29. The second-order valence-corrected chi connectivity index (χ2v) is 6.61. The van der Waals surface area contributed by atoms with E-state index < -0.39 is 5.82 Å². The highest BCUT2D eigenvalue weighted by atomic mass is 19.1. The average Bonchev–Trinajstić information content (AvgIpc) is 2.68. The van der Waals surface area contributed by atoms with E-state index in [9.17, 15) is 9.18 Å². The van der Waals surface area contributed by atoms with Gasteiger partial charge in [-0.3, -0.25) is 4.79 Å². The number of piperidine rings is 1. The third-order valence-corrected chi connectivity index (χ3v) is 4.98. The molecule has 3 rings (SSSR count). The third kappa shape index (κ3) is 3.98. The van der Waals surface area contributed by atoms with Gasteiger partial charge in [0.15, 0.2) is 11.5 Å². The Hall–Kier alpha value is -2.56. The largest absolute Gasteiger partial charge is 0.493 e. The van der Waals surface area contributed by atoms with Crippen LogP contribution in [0.2, 0.25) is 0 Å². The standard InChI is InChI=1S/C21H24FNO3/c1-25-19-8-7-16(14-20(19)26-2)13-15-9-11-23(12-10-15)21(24)17-5-3-4-6-18(17)22/h3-8,14-15H,9-13H2,1-2H3. The van der Waals surface area contributed by atoms with Gasteiger partial charge in [-0.2, -0.15) is 0 Å². The Morgan fingerprint density at radius 2 is 1.77 bits per heavy atom. The van der Waals surface area contributed by atoms with E-state index in [-0.39, 0.29) is 11.5 Å². The van der Waals surface area contributed by atoms with Crippen LogP contribution in [0.1, 0.15) is 28.8 Å². The maximum Gasteiger partial charge on any atom is 0.256 e. The fourth-order valence-corrected chi connectivity index (χ4v) is 3.49. The minimum absolute atomic E-state index is 0.158. The van der Waals surface area contributed by atoms with Crippen LogP contribution in [0.15, 0.2) is 42.5 Å². The van der Waals surface area contributed by atoms with E-state index >= 15 is 0 Å². The first-order chi connectivity index (χ1) is 12.6. The quantitative estimate of drug-likeness (QED) is 0.814. The van der Waals surface area contributed by atoms with Crippen LogP contribution in [0.5, 0.6) is 11.5 Å². The zero-order valence-corrected chi connectivity index (χ0v) is 15.2. The summed E-state index contributed by atoms with van der Waals surface area (Å²) in [6.45, 7) is 1.32. The number of halogens is 1. The number of methoxy groups -OCH3 is 2. The van der Waals surface area contributed by atoms with Crippen molar-refractivity contribution in [3.05, 3.63) is 59.4 Å². The smallest absolute Gasteiger partial charge is 0.256 e. The molecular formula is C21H24FNO3. The molecule has 0 radical (unpaired) electrons. The van der Waals surface area contributed by atoms with Gasteiger partial charge in [-0.1, -0.05) is 18.2 Å². The van der Waals surface area contributed by atoms with Crippen LogP contribution in [0.4, 0.5) is 4.39 Å². The molecule has 0 bridgehead atoms. The molecule has 2 aromatic carbocycles. The molecule has 1 aliphatic rings. The van der Waals surface area contributed by atoms with Crippen molar-refractivity contribution < 1.29 is 18.7 Å². The summed E-state index contributed by atoms with van der Waals surface area (Å²) in [6.07, 6.45) is 2.76. The van der Waals surface area contributed by atoms with Crippen LogP contribution in [0.25, 0.3) is 0 Å². The lowest BCUT2D eigenvalue weighted by Crippen LogP contribution is -2.39. The minimum atomic E-state index is -0.454. The fraction of sp³-hybridized carbons (Fsp3) is 0.381. The maximum absolute atomic E-state index is 13.8. The molecule has 0 spiro atoms. The van der Waals surface area contributed by atoms with Gasteiger partial charge >= 0.3 is 0 Å². The molecule has 0 N–H and O–H groups in total. The number of carbonyl (C=O) groups excluding carboxylic acids is 1. The molecule has 26 heavy (non-hydrogen) atoms. The minimum Gasteiger partial charge on any atom is -0.493 e. The molecule has 0 saturated carbocycles.